The number of phenolic OH excluding ortho intramolecular Hbond substituents is 1. The molecule has 0 aliphatic carbocycles. The highest BCUT2D eigenvalue weighted by Crippen LogP contribution is 2.26. The molecule has 0 aliphatic heterocycles. The average Bonchev–Trinajstić information content (AvgIpc) is 3.30. The molecule has 0 amide bonds. The Balaban J connectivity index is -0.000000251. The zero-order valence-electron chi connectivity index (χ0n) is 38.0. The zero-order valence-corrected chi connectivity index (χ0v) is 40.3. The van der Waals surface area contributed by atoms with Crippen LogP contribution in [0, 0.1) is 0 Å². The van der Waals surface area contributed by atoms with Crippen LogP contribution in [0.15, 0.2) is 121 Å². The van der Waals surface area contributed by atoms with Crippen LogP contribution in [0.2, 0.25) is 15.9 Å². The normalized spacial score (nSPS) is 7.98. The van der Waals surface area contributed by atoms with E-state index < -0.39 is 0 Å². The van der Waals surface area contributed by atoms with Crippen molar-refractivity contribution in [1.82, 2.24) is 29.9 Å². The van der Waals surface area contributed by atoms with Gasteiger partial charge in [-0.3, -0.25) is 0 Å². The van der Waals surface area contributed by atoms with Crippen molar-refractivity contribution in [2.45, 2.75) is 111 Å². The van der Waals surface area contributed by atoms with Gasteiger partial charge in [-0.2, -0.15) is 15.0 Å². The maximum absolute atomic E-state index is 8.63. The van der Waals surface area contributed by atoms with E-state index in [9.17, 15) is 0 Å². The molecule has 59 heavy (non-hydrogen) atoms. The summed E-state index contributed by atoms with van der Waals surface area (Å²) in [6, 6.07) is 36.6. The van der Waals surface area contributed by atoms with Crippen molar-refractivity contribution in [3.63, 3.8) is 0 Å². The quantitative estimate of drug-likeness (QED) is 0.173. The van der Waals surface area contributed by atoms with E-state index in [2.05, 4.69) is 29.9 Å². The van der Waals surface area contributed by atoms with Gasteiger partial charge in [0, 0.05) is 0 Å². The first-order chi connectivity index (χ1) is 28.9. The van der Waals surface area contributed by atoms with Gasteiger partial charge in [0.05, 0.1) is 0 Å². The van der Waals surface area contributed by atoms with Crippen molar-refractivity contribution in [3.05, 3.63) is 137 Å². The first kappa shape index (κ1) is 63.1. The van der Waals surface area contributed by atoms with Gasteiger partial charge in [-0.15, -0.1) is 15.0 Å². The lowest BCUT2D eigenvalue weighted by Crippen LogP contribution is -2.01. The van der Waals surface area contributed by atoms with Crippen LogP contribution in [0.4, 0.5) is 0 Å². The molecule has 0 atom stereocenters. The first-order valence-corrected chi connectivity index (χ1v) is 21.5. The fourth-order valence-corrected chi connectivity index (χ4v) is 3.58. The summed E-state index contributed by atoms with van der Waals surface area (Å²) in [6.45, 7) is 32.0. The Hall–Kier alpha value is -5.03. The lowest BCUT2D eigenvalue weighted by Gasteiger charge is -2.09. The summed E-state index contributed by atoms with van der Waals surface area (Å²) in [5.41, 5.74) is 0. The van der Waals surface area contributed by atoms with E-state index in [1.165, 1.54) is 0 Å². The SMILES string of the molecule is CC.CC.CC.CC.CC.CC.CC.CC.Clc1nc(Cl)nc(Cl)n1.Oc1ccccc1.c1ccc(Oc2nc(Oc3ccccc3)nc(Oc3ccccc3)n2)cc1. The van der Waals surface area contributed by atoms with E-state index in [4.69, 9.17) is 54.1 Å². The van der Waals surface area contributed by atoms with Crippen molar-refractivity contribution in [3.8, 4) is 41.0 Å². The number of phenols is 1. The average molecular weight is 876 g/mol. The molecule has 1 N–H and O–H groups in total. The molecule has 0 saturated carbocycles. The number of nitrogens with zero attached hydrogens (tertiary/aromatic N) is 6. The maximum Gasteiger partial charge on any atom is 0.331 e. The molecular formula is C46H69Cl3N6O4. The molecule has 2 heterocycles. The molecule has 4 aromatic carbocycles. The Morgan fingerprint density at radius 3 is 0.661 bits per heavy atom. The van der Waals surface area contributed by atoms with E-state index in [0.717, 1.165) is 0 Å². The molecule has 2 aromatic heterocycles. The molecule has 6 aromatic rings. The van der Waals surface area contributed by atoms with Gasteiger partial charge < -0.3 is 19.3 Å². The van der Waals surface area contributed by atoms with Crippen LogP contribution in [0.1, 0.15) is 111 Å². The number of hydrogen-bond donors (Lipinski definition) is 1. The van der Waals surface area contributed by atoms with Gasteiger partial charge in [0.15, 0.2) is 0 Å². The molecule has 10 nitrogen and oxygen atoms in total. The summed E-state index contributed by atoms with van der Waals surface area (Å²) >= 11 is 16.0. The molecule has 0 radical (unpaired) electrons. The van der Waals surface area contributed by atoms with Crippen LogP contribution < -0.4 is 14.2 Å². The van der Waals surface area contributed by atoms with Gasteiger partial charge in [0.2, 0.25) is 15.9 Å². The fraction of sp³-hybridized carbons (Fsp3) is 0.348. The monoisotopic (exact) mass is 874 g/mol. The van der Waals surface area contributed by atoms with E-state index >= 15 is 0 Å². The van der Waals surface area contributed by atoms with Crippen molar-refractivity contribution >= 4 is 34.8 Å². The molecule has 0 bridgehead atoms. The van der Waals surface area contributed by atoms with E-state index in [1.54, 1.807) is 60.7 Å². The van der Waals surface area contributed by atoms with E-state index in [0.29, 0.717) is 23.0 Å². The van der Waals surface area contributed by atoms with Crippen LogP contribution in [0.25, 0.3) is 0 Å². The van der Waals surface area contributed by atoms with Crippen molar-refractivity contribution < 1.29 is 19.3 Å². The second-order valence-electron chi connectivity index (χ2n) is 7.91. The van der Waals surface area contributed by atoms with Crippen LogP contribution in [-0.4, -0.2) is 35.0 Å². The largest absolute Gasteiger partial charge is 0.508 e. The third-order valence-electron chi connectivity index (χ3n) is 4.74. The van der Waals surface area contributed by atoms with Crippen LogP contribution >= 0.6 is 34.8 Å². The molecular weight excluding hydrogens is 807 g/mol. The Bertz CT molecular complexity index is 1500. The smallest absolute Gasteiger partial charge is 0.331 e. The summed E-state index contributed by atoms with van der Waals surface area (Å²) in [5, 5.41) is 8.63. The number of aromatic hydroxyl groups is 1. The third kappa shape index (κ3) is 34.7. The predicted molar refractivity (Wildman–Crippen MR) is 253 cm³/mol. The second-order valence-corrected chi connectivity index (χ2v) is 8.92. The number of halogens is 3. The third-order valence-corrected chi connectivity index (χ3v) is 5.25. The van der Waals surface area contributed by atoms with E-state index in [-0.39, 0.29) is 33.9 Å². The van der Waals surface area contributed by atoms with E-state index in [1.807, 2.05) is 171 Å². The van der Waals surface area contributed by atoms with Gasteiger partial charge in [-0.05, 0) is 83.3 Å². The topological polar surface area (TPSA) is 125 Å². The zero-order chi connectivity index (χ0) is 46.3. The summed E-state index contributed by atoms with van der Waals surface area (Å²) in [7, 11) is 0. The standard InChI is InChI=1S/C21H15N3O3.C6H6O.C3Cl3N3.8C2H6/c1-4-10-16(11-5-1)25-19-22-20(26-17-12-6-2-7-13-17)24-21(23-19)27-18-14-8-3-9-15-18;7-6-4-2-1-3-5-6;4-1-7-2(5)9-3(6)8-1;8*1-2/h1-15H;1-5,7H;;8*1-2H3. The summed E-state index contributed by atoms with van der Waals surface area (Å²) in [4.78, 5) is 23.0. The molecule has 6 rings (SSSR count). The number of hydrogen-bond acceptors (Lipinski definition) is 10. The minimum absolute atomic E-state index is 0.000000000000000444. The van der Waals surface area contributed by atoms with Gasteiger partial charge in [-0.1, -0.05) is 184 Å². The minimum atomic E-state index is 0.000000000000000444. The number of ether oxygens (including phenoxy) is 3. The highest BCUT2D eigenvalue weighted by atomic mass is 35.5. The number of aromatic nitrogens is 6. The van der Waals surface area contributed by atoms with Crippen molar-refractivity contribution in [1.29, 1.82) is 0 Å². The Morgan fingerprint density at radius 1 is 0.305 bits per heavy atom. The van der Waals surface area contributed by atoms with Gasteiger partial charge in [-0.25, -0.2) is 0 Å². The lowest BCUT2D eigenvalue weighted by atomic mass is 10.3. The van der Waals surface area contributed by atoms with Crippen LogP contribution in [0.5, 0.6) is 41.0 Å². The highest BCUT2D eigenvalue weighted by Gasteiger charge is 2.12. The number of para-hydroxylation sites is 4. The number of benzene rings is 4. The summed E-state index contributed by atoms with van der Waals surface area (Å²) in [5.74, 6) is 2.11. The summed E-state index contributed by atoms with van der Waals surface area (Å²) < 4.78 is 17.1. The lowest BCUT2D eigenvalue weighted by molar-refractivity contribution is 0.362. The predicted octanol–water partition coefficient (Wildman–Crippen LogP) is 16.7. The molecule has 0 spiro atoms. The highest BCUT2D eigenvalue weighted by molar-refractivity contribution is 6.33. The van der Waals surface area contributed by atoms with Crippen molar-refractivity contribution in [2.75, 3.05) is 0 Å². The van der Waals surface area contributed by atoms with Crippen LogP contribution in [0.3, 0.4) is 0 Å². The molecule has 0 saturated heterocycles. The first-order valence-electron chi connectivity index (χ1n) is 20.3. The molecule has 13 heteroatoms. The second kappa shape index (κ2) is 49.1. The van der Waals surface area contributed by atoms with Gasteiger partial charge in [0.1, 0.15) is 23.0 Å². The van der Waals surface area contributed by atoms with Crippen molar-refractivity contribution in [2.24, 2.45) is 0 Å². The maximum atomic E-state index is 8.63. The Morgan fingerprint density at radius 2 is 0.492 bits per heavy atom. The minimum Gasteiger partial charge on any atom is -0.508 e. The molecule has 328 valence electrons. The summed E-state index contributed by atoms with van der Waals surface area (Å²) in [6.07, 6.45) is 0. The molecule has 0 aliphatic rings. The van der Waals surface area contributed by atoms with Gasteiger partial charge in [0.25, 0.3) is 0 Å². The number of rotatable bonds is 6. The molecule has 0 fully saturated rings. The van der Waals surface area contributed by atoms with Gasteiger partial charge >= 0.3 is 18.0 Å². The fourth-order valence-electron chi connectivity index (χ4n) is 2.97. The Labute approximate surface area is 371 Å². The van der Waals surface area contributed by atoms with Crippen LogP contribution in [-0.2, 0) is 0 Å². The Kier molecular flexibility index (Phi) is 52.6. The molecule has 0 unspecified atom stereocenters.